The van der Waals surface area contributed by atoms with Crippen molar-refractivity contribution in [3.05, 3.63) is 89.5 Å². The molecule has 3 saturated carbocycles. The monoisotopic (exact) mass is 1140 g/mol. The number of aryl methyl sites for hydroxylation is 3. The Labute approximate surface area is 491 Å². The van der Waals surface area contributed by atoms with Crippen molar-refractivity contribution in [2.75, 3.05) is 0 Å². The second kappa shape index (κ2) is 45.1. The zero-order chi connectivity index (χ0) is 58.0. The molecule has 3 aliphatic rings. The van der Waals surface area contributed by atoms with E-state index in [1.54, 1.807) is 36.4 Å². The first kappa shape index (κ1) is 70.1. The summed E-state index contributed by atoms with van der Waals surface area (Å²) >= 11 is 0. The molecule has 0 atom stereocenters. The molecule has 3 aliphatic carbocycles. The van der Waals surface area contributed by atoms with Gasteiger partial charge in [-0.25, -0.2) is 0 Å². The zero-order valence-electron chi connectivity index (χ0n) is 51.3. The lowest BCUT2D eigenvalue weighted by Crippen LogP contribution is -2.15. The summed E-state index contributed by atoms with van der Waals surface area (Å²) in [5.74, 6) is 6.15. The van der Waals surface area contributed by atoms with Crippen LogP contribution in [0.5, 0.6) is 17.2 Å². The maximum absolute atomic E-state index is 12.2. The molecule has 0 aromatic heterocycles. The highest BCUT2D eigenvalue weighted by Crippen LogP contribution is 2.37. The number of halogens is 6. The molecule has 0 amide bonds. The highest BCUT2D eigenvalue weighted by Gasteiger charge is 2.23. The van der Waals surface area contributed by atoms with Crippen molar-refractivity contribution in [1.82, 2.24) is 0 Å². The largest absolute Gasteiger partial charge is 0.435 e. The fourth-order valence-corrected chi connectivity index (χ4v) is 13.2. The van der Waals surface area contributed by atoms with E-state index in [1.165, 1.54) is 267 Å². The van der Waals surface area contributed by atoms with Crippen molar-refractivity contribution in [1.29, 1.82) is 0 Å². The van der Waals surface area contributed by atoms with E-state index in [1.807, 2.05) is 36.4 Å². The van der Waals surface area contributed by atoms with Gasteiger partial charge in [-0.2, -0.15) is 26.3 Å². The van der Waals surface area contributed by atoms with Crippen LogP contribution >= 0.6 is 0 Å². The van der Waals surface area contributed by atoms with Crippen LogP contribution in [-0.4, -0.2) is 19.8 Å². The van der Waals surface area contributed by atoms with Crippen molar-refractivity contribution >= 4 is 0 Å². The Morgan fingerprint density at radius 2 is 0.457 bits per heavy atom. The van der Waals surface area contributed by atoms with Crippen LogP contribution in [0.1, 0.15) is 288 Å². The number of unbranched alkanes of at least 4 members (excludes halogenated alkanes) is 18. The molecular weight excluding hydrogens is 1030 g/mol. The Kier molecular flexibility index (Phi) is 39.0. The maximum Gasteiger partial charge on any atom is 0.387 e. The molecule has 81 heavy (non-hydrogen) atoms. The van der Waals surface area contributed by atoms with Crippen LogP contribution in [0.25, 0.3) is 0 Å². The zero-order valence-corrected chi connectivity index (χ0v) is 51.3. The van der Waals surface area contributed by atoms with Crippen LogP contribution < -0.4 is 14.2 Å². The third kappa shape index (κ3) is 34.9. The summed E-state index contributed by atoms with van der Waals surface area (Å²) in [4.78, 5) is 0. The Bertz CT molecular complexity index is 1870. The average molecular weight is 1140 g/mol. The summed E-state index contributed by atoms with van der Waals surface area (Å²) in [6.45, 7) is -1.40. The van der Waals surface area contributed by atoms with Crippen molar-refractivity contribution in [3.8, 4) is 17.2 Å². The predicted octanol–water partition coefficient (Wildman–Crippen LogP) is 24.5. The third-order valence-electron chi connectivity index (χ3n) is 18.5. The van der Waals surface area contributed by atoms with E-state index in [0.717, 1.165) is 54.8 Å². The number of ether oxygens (including phenoxy) is 3. The van der Waals surface area contributed by atoms with Gasteiger partial charge in [-0.15, -0.1) is 0 Å². The fourth-order valence-electron chi connectivity index (χ4n) is 13.2. The van der Waals surface area contributed by atoms with Gasteiger partial charge in [0.2, 0.25) is 0 Å². The minimum Gasteiger partial charge on any atom is -0.435 e. The van der Waals surface area contributed by atoms with E-state index in [2.05, 4.69) is 35.0 Å². The summed E-state index contributed by atoms with van der Waals surface area (Å²) in [6.07, 6.45) is 57.3. The molecule has 0 heterocycles. The van der Waals surface area contributed by atoms with E-state index >= 15 is 0 Å². The molecule has 3 fully saturated rings. The third-order valence-corrected chi connectivity index (χ3v) is 18.5. The average Bonchev–Trinajstić information content (AvgIpc) is 3.48. The van der Waals surface area contributed by atoms with Crippen molar-refractivity contribution in [2.45, 2.75) is 310 Å². The number of benzene rings is 3. The van der Waals surface area contributed by atoms with E-state index in [9.17, 15) is 26.3 Å². The summed E-state index contributed by atoms with van der Waals surface area (Å²) in [6, 6.07) is 21.4. The van der Waals surface area contributed by atoms with Crippen molar-refractivity contribution in [3.63, 3.8) is 0 Å². The van der Waals surface area contributed by atoms with Crippen LogP contribution in [0.4, 0.5) is 26.3 Å². The second-order valence-electron chi connectivity index (χ2n) is 25.1. The van der Waals surface area contributed by atoms with Gasteiger partial charge < -0.3 is 14.2 Å². The first-order chi connectivity index (χ1) is 39.5. The second-order valence-corrected chi connectivity index (χ2v) is 25.1. The molecule has 9 heteroatoms. The molecule has 3 nitrogen and oxygen atoms in total. The topological polar surface area (TPSA) is 27.7 Å². The Hall–Kier alpha value is -3.36. The molecule has 0 aliphatic heterocycles. The number of hydrogen-bond acceptors (Lipinski definition) is 3. The van der Waals surface area contributed by atoms with E-state index < -0.39 is 19.8 Å². The quantitative estimate of drug-likeness (QED) is 0.0421. The van der Waals surface area contributed by atoms with Gasteiger partial charge in [-0.3, -0.25) is 0 Å². The molecule has 3 aromatic carbocycles. The lowest BCUT2D eigenvalue weighted by atomic mass is 9.77. The molecule has 6 rings (SSSR count). The molecule has 0 N–H and O–H groups in total. The molecule has 0 saturated heterocycles. The normalized spacial score (nSPS) is 20.1. The first-order valence-electron chi connectivity index (χ1n) is 33.6. The Balaban J connectivity index is 0.000000262. The summed E-state index contributed by atoms with van der Waals surface area (Å²) in [7, 11) is 0. The SMILES string of the molecule is CCCCCCCCC1CCC(CCc2ccc(OC(F)F)cc2)CC1.CCCCCCCCCC1CCC(CCc2ccc(OC(F)F)cc2)CC1.CCCCCCCCCCC1CCC(CCc2ccc(OC(F)F)cc2)CC1. The van der Waals surface area contributed by atoms with Gasteiger partial charge in [0, 0.05) is 0 Å². The first-order valence-corrected chi connectivity index (χ1v) is 33.6. The minimum atomic E-state index is -2.74. The van der Waals surface area contributed by atoms with Gasteiger partial charge in [0.15, 0.2) is 0 Å². The van der Waals surface area contributed by atoms with Gasteiger partial charge in [0.25, 0.3) is 0 Å². The van der Waals surface area contributed by atoms with Gasteiger partial charge in [-0.05, 0) is 127 Å². The van der Waals surface area contributed by atoms with E-state index in [0.29, 0.717) is 0 Å². The van der Waals surface area contributed by atoms with Crippen LogP contribution in [0.3, 0.4) is 0 Å². The number of alkyl halides is 6. The summed E-state index contributed by atoms with van der Waals surface area (Å²) in [5, 5.41) is 0. The number of rotatable bonds is 39. The molecule has 3 aromatic rings. The Morgan fingerprint density at radius 3 is 0.654 bits per heavy atom. The van der Waals surface area contributed by atoms with Crippen molar-refractivity contribution < 1.29 is 40.6 Å². The molecule has 0 unspecified atom stereocenters. The molecule has 462 valence electrons. The summed E-state index contributed by atoms with van der Waals surface area (Å²) < 4.78 is 86.3. The van der Waals surface area contributed by atoms with Crippen molar-refractivity contribution in [2.24, 2.45) is 35.5 Å². The highest BCUT2D eigenvalue weighted by atomic mass is 19.3. The molecule has 0 bridgehead atoms. The molecule has 0 radical (unpaired) electrons. The highest BCUT2D eigenvalue weighted by molar-refractivity contribution is 5.29. The predicted molar refractivity (Wildman–Crippen MR) is 328 cm³/mol. The molecular formula is C72H114F6O3. The standard InChI is InChI=1S/C25H40F2O.C24H38F2O.C23H36F2O/c1-2-3-4-5-6-7-8-9-10-21-11-13-22(14-12-21)15-16-23-17-19-24(20-18-23)28-25(26)27;1-2-3-4-5-6-7-8-9-20-10-12-21(13-11-20)14-15-22-16-18-23(19-17-22)27-24(25)26;1-2-3-4-5-6-7-8-19-9-11-20(12-10-19)13-14-21-15-17-22(18-16-21)26-23(24)25/h17-22,25H,2-16H2,1H3;16-21,24H,2-15H2,1H3;15-20,23H,2-14H2,1H3. The van der Waals surface area contributed by atoms with Crippen LogP contribution in [0, 0.1) is 35.5 Å². The minimum absolute atomic E-state index is 0.249. The fraction of sp³-hybridized carbons (Fsp3) is 0.750. The van der Waals surface area contributed by atoms with Crippen LogP contribution in [0.15, 0.2) is 72.8 Å². The Morgan fingerprint density at radius 1 is 0.272 bits per heavy atom. The smallest absolute Gasteiger partial charge is 0.387 e. The van der Waals surface area contributed by atoms with Gasteiger partial charge in [-0.1, -0.05) is 288 Å². The summed E-state index contributed by atoms with van der Waals surface area (Å²) in [5.41, 5.74) is 3.67. The van der Waals surface area contributed by atoms with E-state index in [-0.39, 0.29) is 17.2 Å². The lowest BCUT2D eigenvalue weighted by Gasteiger charge is -2.28. The van der Waals surface area contributed by atoms with Crippen LogP contribution in [0.2, 0.25) is 0 Å². The molecule has 0 spiro atoms. The lowest BCUT2D eigenvalue weighted by molar-refractivity contribution is -0.0505. The van der Waals surface area contributed by atoms with E-state index in [4.69, 9.17) is 0 Å². The van der Waals surface area contributed by atoms with Crippen LogP contribution in [-0.2, 0) is 19.3 Å². The maximum atomic E-state index is 12.2. The van der Waals surface area contributed by atoms with Gasteiger partial charge in [0.05, 0.1) is 0 Å². The van der Waals surface area contributed by atoms with Gasteiger partial charge in [0.1, 0.15) is 17.2 Å². The number of hydrogen-bond donors (Lipinski definition) is 0. The van der Waals surface area contributed by atoms with Gasteiger partial charge >= 0.3 is 19.8 Å².